The zero-order valence-corrected chi connectivity index (χ0v) is 12.8. The summed E-state index contributed by atoms with van der Waals surface area (Å²) in [6, 6.07) is 7.33. The Labute approximate surface area is 121 Å². The second kappa shape index (κ2) is 7.68. The smallest absolute Gasteiger partial charge is 0.251 e. The van der Waals surface area contributed by atoms with Crippen LogP contribution in [-0.2, 0) is 11.3 Å². The van der Waals surface area contributed by atoms with Crippen molar-refractivity contribution in [2.45, 2.75) is 33.2 Å². The van der Waals surface area contributed by atoms with E-state index < -0.39 is 0 Å². The second-order valence-corrected chi connectivity index (χ2v) is 5.46. The van der Waals surface area contributed by atoms with Crippen LogP contribution in [0.15, 0.2) is 24.3 Å². The molecule has 0 saturated carbocycles. The molecule has 1 rings (SSSR count). The van der Waals surface area contributed by atoms with Crippen LogP contribution >= 0.6 is 0 Å². The van der Waals surface area contributed by atoms with E-state index in [9.17, 15) is 9.59 Å². The summed E-state index contributed by atoms with van der Waals surface area (Å²) in [7, 11) is 3.42. The number of hydrogen-bond donors (Lipinski definition) is 1. The van der Waals surface area contributed by atoms with Crippen LogP contribution in [0.3, 0.4) is 0 Å². The van der Waals surface area contributed by atoms with Gasteiger partial charge in [0.1, 0.15) is 0 Å². The van der Waals surface area contributed by atoms with Gasteiger partial charge in [0, 0.05) is 32.6 Å². The first kappa shape index (κ1) is 16.2. The fraction of sp³-hybridized carbons (Fsp3) is 0.500. The highest BCUT2D eigenvalue weighted by molar-refractivity contribution is 5.93. The van der Waals surface area contributed by atoms with Gasteiger partial charge in [0.15, 0.2) is 0 Å². The Morgan fingerprint density at radius 3 is 2.30 bits per heavy atom. The molecule has 0 bridgehead atoms. The van der Waals surface area contributed by atoms with Crippen molar-refractivity contribution in [2.75, 3.05) is 14.1 Å². The molecule has 0 aliphatic rings. The van der Waals surface area contributed by atoms with E-state index in [1.807, 2.05) is 19.2 Å². The summed E-state index contributed by atoms with van der Waals surface area (Å²) < 4.78 is 0. The van der Waals surface area contributed by atoms with Crippen molar-refractivity contribution in [1.29, 1.82) is 0 Å². The lowest BCUT2D eigenvalue weighted by molar-refractivity contribution is -0.130. The molecule has 1 N–H and O–H groups in total. The van der Waals surface area contributed by atoms with Gasteiger partial charge in [-0.3, -0.25) is 9.59 Å². The molecule has 20 heavy (non-hydrogen) atoms. The Morgan fingerprint density at radius 2 is 1.80 bits per heavy atom. The van der Waals surface area contributed by atoms with Crippen LogP contribution in [0.25, 0.3) is 0 Å². The highest BCUT2D eigenvalue weighted by Gasteiger charge is 2.10. The minimum absolute atomic E-state index is 0.0992. The molecule has 0 fully saturated rings. The number of nitrogens with zero attached hydrogens (tertiary/aromatic N) is 1. The minimum Gasteiger partial charge on any atom is -0.355 e. The number of carbonyl (C=O) groups excluding carboxylic acids is 2. The van der Waals surface area contributed by atoms with Gasteiger partial charge in [0.05, 0.1) is 0 Å². The van der Waals surface area contributed by atoms with E-state index in [4.69, 9.17) is 0 Å². The average Bonchev–Trinajstić information content (AvgIpc) is 2.44. The molecule has 0 radical (unpaired) electrons. The lowest BCUT2D eigenvalue weighted by Crippen LogP contribution is -2.26. The number of carbonyl (C=O) groups is 2. The Balaban J connectivity index is 2.55. The van der Waals surface area contributed by atoms with Crippen molar-refractivity contribution in [2.24, 2.45) is 5.92 Å². The van der Waals surface area contributed by atoms with Crippen LogP contribution in [0.1, 0.15) is 42.6 Å². The zero-order valence-electron chi connectivity index (χ0n) is 12.8. The Bertz CT molecular complexity index is 452. The topological polar surface area (TPSA) is 49.4 Å². The van der Waals surface area contributed by atoms with Gasteiger partial charge in [-0.05, 0) is 30.0 Å². The van der Waals surface area contributed by atoms with Gasteiger partial charge in [-0.25, -0.2) is 0 Å². The summed E-state index contributed by atoms with van der Waals surface area (Å²) in [5.41, 5.74) is 1.66. The number of hydrogen-bond acceptors (Lipinski definition) is 2. The third-order valence-electron chi connectivity index (χ3n) is 3.22. The quantitative estimate of drug-likeness (QED) is 0.867. The maximum absolute atomic E-state index is 11.9. The fourth-order valence-corrected chi connectivity index (χ4v) is 1.87. The molecule has 4 heteroatoms. The van der Waals surface area contributed by atoms with Gasteiger partial charge in [-0.15, -0.1) is 0 Å². The number of nitrogens with one attached hydrogen (secondary N) is 1. The van der Waals surface area contributed by atoms with E-state index in [1.165, 1.54) is 0 Å². The monoisotopic (exact) mass is 276 g/mol. The third kappa shape index (κ3) is 5.03. The van der Waals surface area contributed by atoms with Gasteiger partial charge >= 0.3 is 0 Å². The Kier molecular flexibility index (Phi) is 6.22. The van der Waals surface area contributed by atoms with Crippen LogP contribution in [0.5, 0.6) is 0 Å². The fourth-order valence-electron chi connectivity index (χ4n) is 1.87. The van der Waals surface area contributed by atoms with Crippen LogP contribution in [0.2, 0.25) is 0 Å². The van der Waals surface area contributed by atoms with Gasteiger partial charge < -0.3 is 10.2 Å². The molecule has 0 atom stereocenters. The molecule has 110 valence electrons. The first-order chi connectivity index (χ1) is 9.43. The Morgan fingerprint density at radius 1 is 1.20 bits per heavy atom. The number of amides is 2. The highest BCUT2D eigenvalue weighted by atomic mass is 16.2. The molecule has 0 aromatic heterocycles. The zero-order chi connectivity index (χ0) is 15.1. The van der Waals surface area contributed by atoms with Crippen molar-refractivity contribution in [1.82, 2.24) is 10.2 Å². The lowest BCUT2D eigenvalue weighted by atomic mass is 10.1. The predicted octanol–water partition coefficient (Wildman–Crippen LogP) is 2.44. The molecule has 4 nitrogen and oxygen atoms in total. The summed E-state index contributed by atoms with van der Waals surface area (Å²) in [6.45, 7) is 4.81. The van der Waals surface area contributed by atoms with E-state index in [-0.39, 0.29) is 11.8 Å². The van der Waals surface area contributed by atoms with Crippen LogP contribution in [0, 0.1) is 5.92 Å². The van der Waals surface area contributed by atoms with E-state index >= 15 is 0 Å². The molecule has 0 saturated heterocycles. The highest BCUT2D eigenvalue weighted by Crippen LogP contribution is 2.10. The van der Waals surface area contributed by atoms with Crippen LogP contribution < -0.4 is 5.32 Å². The van der Waals surface area contributed by atoms with E-state index in [0.717, 1.165) is 12.0 Å². The molecule has 0 aliphatic heterocycles. The molecule has 0 spiro atoms. The first-order valence-corrected chi connectivity index (χ1v) is 6.99. The second-order valence-electron chi connectivity index (χ2n) is 5.46. The predicted molar refractivity (Wildman–Crippen MR) is 80.4 cm³/mol. The van der Waals surface area contributed by atoms with Crippen LogP contribution in [-0.4, -0.2) is 30.8 Å². The molecular weight excluding hydrogens is 252 g/mol. The molecule has 2 amide bonds. The molecule has 1 aromatic carbocycles. The lowest BCUT2D eigenvalue weighted by Gasteiger charge is -2.18. The number of benzene rings is 1. The van der Waals surface area contributed by atoms with Crippen molar-refractivity contribution < 1.29 is 9.59 Å². The molecular formula is C16H24N2O2. The standard InChI is InChI=1S/C16H24N2O2/c1-12(2)5-10-15(19)18(4)11-13-6-8-14(9-7-13)16(20)17-3/h6-9,12H,5,10-11H2,1-4H3,(H,17,20). The molecule has 0 aliphatic carbocycles. The van der Waals surface area contributed by atoms with Crippen molar-refractivity contribution in [3.05, 3.63) is 35.4 Å². The van der Waals surface area contributed by atoms with Gasteiger partial charge in [-0.2, -0.15) is 0 Å². The summed E-state index contributed by atoms with van der Waals surface area (Å²) in [5, 5.41) is 2.58. The van der Waals surface area contributed by atoms with Crippen molar-refractivity contribution in [3.8, 4) is 0 Å². The van der Waals surface area contributed by atoms with Crippen molar-refractivity contribution in [3.63, 3.8) is 0 Å². The maximum atomic E-state index is 11.9. The van der Waals surface area contributed by atoms with Gasteiger partial charge in [0.25, 0.3) is 5.91 Å². The maximum Gasteiger partial charge on any atom is 0.251 e. The minimum atomic E-state index is -0.0992. The van der Waals surface area contributed by atoms with E-state index in [0.29, 0.717) is 24.4 Å². The summed E-state index contributed by atoms with van der Waals surface area (Å²) >= 11 is 0. The average molecular weight is 276 g/mol. The molecule has 1 aromatic rings. The summed E-state index contributed by atoms with van der Waals surface area (Å²) in [5.74, 6) is 0.603. The van der Waals surface area contributed by atoms with E-state index in [1.54, 1.807) is 24.1 Å². The SMILES string of the molecule is CNC(=O)c1ccc(CN(C)C(=O)CCC(C)C)cc1. The van der Waals surface area contributed by atoms with Crippen LogP contribution in [0.4, 0.5) is 0 Å². The largest absolute Gasteiger partial charge is 0.355 e. The molecule has 0 unspecified atom stereocenters. The molecule has 0 heterocycles. The van der Waals surface area contributed by atoms with Crippen molar-refractivity contribution >= 4 is 11.8 Å². The third-order valence-corrected chi connectivity index (χ3v) is 3.22. The van der Waals surface area contributed by atoms with Gasteiger partial charge in [-0.1, -0.05) is 26.0 Å². The summed E-state index contributed by atoms with van der Waals surface area (Å²) in [6.07, 6.45) is 1.50. The van der Waals surface area contributed by atoms with Gasteiger partial charge in [0.2, 0.25) is 5.91 Å². The van der Waals surface area contributed by atoms with E-state index in [2.05, 4.69) is 19.2 Å². The summed E-state index contributed by atoms with van der Waals surface area (Å²) in [4.78, 5) is 25.1. The normalized spacial score (nSPS) is 10.4. The first-order valence-electron chi connectivity index (χ1n) is 6.99. The Hall–Kier alpha value is -1.84. The number of rotatable bonds is 6.